The number of anilines is 1. The molecule has 1 aliphatic heterocycles. The van der Waals surface area contributed by atoms with E-state index in [1.54, 1.807) is 31.2 Å². The minimum absolute atomic E-state index is 0.00233. The van der Waals surface area contributed by atoms with Crippen molar-refractivity contribution in [1.29, 1.82) is 0 Å². The maximum Gasteiger partial charge on any atom is 0.329 e. The molecule has 0 spiro atoms. The number of amides is 2. The number of nitrogens with zero attached hydrogens (tertiary/aromatic N) is 1. The van der Waals surface area contributed by atoms with Crippen LogP contribution in [0.4, 0.5) is 5.69 Å². The number of rotatable bonds is 6. The first-order valence-electron chi connectivity index (χ1n) is 8.48. The van der Waals surface area contributed by atoms with Crippen molar-refractivity contribution in [3.05, 3.63) is 24.3 Å². The van der Waals surface area contributed by atoms with Crippen LogP contribution >= 0.6 is 0 Å². The summed E-state index contributed by atoms with van der Waals surface area (Å²) < 4.78 is 5.52. The average Bonchev–Trinajstić information content (AvgIpc) is 3.35. The van der Waals surface area contributed by atoms with Crippen molar-refractivity contribution < 1.29 is 24.2 Å². The molecule has 3 rings (SSSR count). The molecule has 25 heavy (non-hydrogen) atoms. The van der Waals surface area contributed by atoms with Crippen molar-refractivity contribution in [1.82, 2.24) is 4.90 Å². The number of hydrogen-bond acceptors (Lipinski definition) is 4. The summed E-state index contributed by atoms with van der Waals surface area (Å²) in [7, 11) is 0. The summed E-state index contributed by atoms with van der Waals surface area (Å²) in [4.78, 5) is 37.0. The van der Waals surface area contributed by atoms with E-state index in [0.717, 1.165) is 12.8 Å². The zero-order valence-corrected chi connectivity index (χ0v) is 14.2. The van der Waals surface area contributed by atoms with Gasteiger partial charge in [0.25, 0.3) is 5.91 Å². The SMILES string of the molecule is CC1(C(=O)O)CCCN1C(=O)COc1cccc(NC(=O)C2CC2)c1. The molecule has 2 aliphatic rings. The first kappa shape index (κ1) is 17.3. The van der Waals surface area contributed by atoms with E-state index in [9.17, 15) is 19.5 Å². The molecule has 2 amide bonds. The Kier molecular flexibility index (Phi) is 4.65. The second-order valence-electron chi connectivity index (χ2n) is 6.81. The molecule has 1 aromatic rings. The lowest BCUT2D eigenvalue weighted by molar-refractivity contribution is -0.156. The number of benzene rings is 1. The van der Waals surface area contributed by atoms with Crippen molar-refractivity contribution in [2.45, 2.75) is 38.1 Å². The third-order valence-corrected chi connectivity index (χ3v) is 4.81. The van der Waals surface area contributed by atoms with E-state index in [1.807, 2.05) is 0 Å². The highest BCUT2D eigenvalue weighted by Gasteiger charge is 2.45. The van der Waals surface area contributed by atoms with Gasteiger partial charge < -0.3 is 20.1 Å². The van der Waals surface area contributed by atoms with E-state index < -0.39 is 11.5 Å². The number of likely N-dealkylation sites (tertiary alicyclic amines) is 1. The van der Waals surface area contributed by atoms with Crippen LogP contribution in [0.5, 0.6) is 5.75 Å². The number of carboxylic acid groups (broad SMARTS) is 1. The fourth-order valence-electron chi connectivity index (χ4n) is 3.06. The molecule has 7 heteroatoms. The Morgan fingerprint density at radius 1 is 1.36 bits per heavy atom. The number of aliphatic carboxylic acids is 1. The minimum Gasteiger partial charge on any atom is -0.484 e. The molecule has 1 heterocycles. The quantitative estimate of drug-likeness (QED) is 0.820. The van der Waals surface area contributed by atoms with Crippen LogP contribution < -0.4 is 10.1 Å². The highest BCUT2D eigenvalue weighted by molar-refractivity contribution is 5.94. The minimum atomic E-state index is -1.17. The van der Waals surface area contributed by atoms with Crippen LogP contribution in [-0.2, 0) is 14.4 Å². The number of ether oxygens (including phenoxy) is 1. The summed E-state index contributed by atoms with van der Waals surface area (Å²) >= 11 is 0. The maximum absolute atomic E-state index is 12.4. The van der Waals surface area contributed by atoms with Crippen LogP contribution in [-0.4, -0.2) is 46.5 Å². The zero-order valence-electron chi connectivity index (χ0n) is 14.2. The van der Waals surface area contributed by atoms with Gasteiger partial charge in [-0.2, -0.15) is 0 Å². The van der Waals surface area contributed by atoms with E-state index in [4.69, 9.17) is 4.74 Å². The van der Waals surface area contributed by atoms with Gasteiger partial charge in [-0.3, -0.25) is 9.59 Å². The second kappa shape index (κ2) is 6.74. The fourth-order valence-corrected chi connectivity index (χ4v) is 3.06. The molecule has 1 aromatic carbocycles. The molecular weight excluding hydrogens is 324 g/mol. The molecule has 1 saturated heterocycles. The van der Waals surface area contributed by atoms with Gasteiger partial charge >= 0.3 is 5.97 Å². The molecule has 7 nitrogen and oxygen atoms in total. The lowest BCUT2D eigenvalue weighted by atomic mass is 9.99. The number of hydrogen-bond donors (Lipinski definition) is 2. The van der Waals surface area contributed by atoms with Gasteiger partial charge in [-0.25, -0.2) is 4.79 Å². The number of carboxylic acids is 1. The van der Waals surface area contributed by atoms with Crippen molar-refractivity contribution >= 4 is 23.5 Å². The summed E-state index contributed by atoms with van der Waals surface area (Å²) in [6.45, 7) is 1.75. The molecule has 134 valence electrons. The monoisotopic (exact) mass is 346 g/mol. The van der Waals surface area contributed by atoms with Crippen molar-refractivity contribution in [2.24, 2.45) is 5.92 Å². The average molecular weight is 346 g/mol. The molecule has 1 saturated carbocycles. The topological polar surface area (TPSA) is 95.9 Å². The summed E-state index contributed by atoms with van der Waals surface area (Å²) in [5, 5.41) is 12.2. The Hall–Kier alpha value is -2.57. The Bertz CT molecular complexity index is 700. The van der Waals surface area contributed by atoms with E-state index in [-0.39, 0.29) is 24.3 Å². The van der Waals surface area contributed by atoms with E-state index in [0.29, 0.717) is 30.8 Å². The lowest BCUT2D eigenvalue weighted by Crippen LogP contribution is -2.52. The first-order chi connectivity index (χ1) is 11.9. The Morgan fingerprint density at radius 3 is 2.80 bits per heavy atom. The molecule has 0 radical (unpaired) electrons. The van der Waals surface area contributed by atoms with Gasteiger partial charge in [0.1, 0.15) is 11.3 Å². The van der Waals surface area contributed by atoms with Crippen LogP contribution in [0.3, 0.4) is 0 Å². The molecule has 0 aromatic heterocycles. The molecule has 2 fully saturated rings. The van der Waals surface area contributed by atoms with Gasteiger partial charge in [0.15, 0.2) is 6.61 Å². The lowest BCUT2D eigenvalue weighted by Gasteiger charge is -2.31. The zero-order chi connectivity index (χ0) is 18.0. The van der Waals surface area contributed by atoms with Crippen molar-refractivity contribution in [2.75, 3.05) is 18.5 Å². The molecule has 0 bridgehead atoms. The largest absolute Gasteiger partial charge is 0.484 e. The van der Waals surface area contributed by atoms with E-state index in [2.05, 4.69) is 5.32 Å². The normalized spacial score (nSPS) is 22.5. The van der Waals surface area contributed by atoms with Crippen LogP contribution in [0.25, 0.3) is 0 Å². The van der Waals surface area contributed by atoms with Crippen LogP contribution in [0.1, 0.15) is 32.6 Å². The predicted octanol–water partition coefficient (Wildman–Crippen LogP) is 1.88. The van der Waals surface area contributed by atoms with Gasteiger partial charge in [-0.1, -0.05) is 6.07 Å². The van der Waals surface area contributed by atoms with Gasteiger partial charge in [-0.05, 0) is 44.7 Å². The maximum atomic E-state index is 12.4. The van der Waals surface area contributed by atoms with Gasteiger partial charge in [-0.15, -0.1) is 0 Å². The molecule has 1 atom stereocenters. The third kappa shape index (κ3) is 3.75. The Morgan fingerprint density at radius 2 is 2.12 bits per heavy atom. The van der Waals surface area contributed by atoms with Crippen LogP contribution in [0.15, 0.2) is 24.3 Å². The number of carbonyl (C=O) groups excluding carboxylic acids is 2. The summed E-state index contributed by atoms with van der Waals surface area (Å²) in [6, 6.07) is 6.85. The highest BCUT2D eigenvalue weighted by atomic mass is 16.5. The summed E-state index contributed by atoms with van der Waals surface area (Å²) in [6.07, 6.45) is 2.96. The third-order valence-electron chi connectivity index (χ3n) is 4.81. The second-order valence-corrected chi connectivity index (χ2v) is 6.81. The summed E-state index contributed by atoms with van der Waals surface area (Å²) in [5.74, 6) is -0.784. The Labute approximate surface area is 146 Å². The predicted molar refractivity (Wildman–Crippen MR) is 90.3 cm³/mol. The standard InChI is InChI=1S/C18H22N2O5/c1-18(17(23)24)8-3-9-20(18)15(21)11-25-14-5-2-4-13(10-14)19-16(22)12-6-7-12/h2,4-5,10,12H,3,6-9,11H2,1H3,(H,19,22)(H,23,24). The molecule has 1 aliphatic carbocycles. The van der Waals surface area contributed by atoms with E-state index >= 15 is 0 Å². The van der Waals surface area contributed by atoms with Gasteiger partial charge in [0.2, 0.25) is 5.91 Å². The highest BCUT2D eigenvalue weighted by Crippen LogP contribution is 2.31. The van der Waals surface area contributed by atoms with Crippen LogP contribution in [0.2, 0.25) is 0 Å². The van der Waals surface area contributed by atoms with Crippen molar-refractivity contribution in [3.63, 3.8) is 0 Å². The molecule has 1 unspecified atom stereocenters. The van der Waals surface area contributed by atoms with Gasteiger partial charge in [0, 0.05) is 24.2 Å². The van der Waals surface area contributed by atoms with Crippen molar-refractivity contribution in [3.8, 4) is 5.75 Å². The molecule has 2 N–H and O–H groups in total. The van der Waals surface area contributed by atoms with Gasteiger partial charge in [0.05, 0.1) is 0 Å². The van der Waals surface area contributed by atoms with E-state index in [1.165, 1.54) is 4.90 Å². The first-order valence-corrected chi connectivity index (χ1v) is 8.48. The number of carbonyl (C=O) groups is 3. The fraction of sp³-hybridized carbons (Fsp3) is 0.500. The summed E-state index contributed by atoms with van der Waals surface area (Å²) in [5.41, 5.74) is -0.543. The number of nitrogens with one attached hydrogen (secondary N) is 1. The smallest absolute Gasteiger partial charge is 0.329 e. The molecular formula is C18H22N2O5. The Balaban J connectivity index is 1.58. The van der Waals surface area contributed by atoms with Crippen LogP contribution in [0, 0.1) is 5.92 Å².